The highest BCUT2D eigenvalue weighted by molar-refractivity contribution is 9.10. The lowest BCUT2D eigenvalue weighted by Crippen LogP contribution is -2.28. The summed E-state index contributed by atoms with van der Waals surface area (Å²) < 4.78 is 1.08. The van der Waals surface area contributed by atoms with Crippen LogP contribution in [0.25, 0.3) is 0 Å². The predicted octanol–water partition coefficient (Wildman–Crippen LogP) is 3.88. The maximum atomic E-state index is 6.19. The SMILES string of the molecule is Cc1c(Cl)cc(Br)cc1C1CCCNC1. The van der Waals surface area contributed by atoms with E-state index in [9.17, 15) is 0 Å². The Labute approximate surface area is 104 Å². The number of hydrogen-bond acceptors (Lipinski definition) is 1. The third-order valence-corrected chi connectivity index (χ3v) is 3.94. The van der Waals surface area contributed by atoms with Gasteiger partial charge in [-0.15, -0.1) is 0 Å². The molecule has 0 aromatic heterocycles. The summed E-state index contributed by atoms with van der Waals surface area (Å²) in [5.74, 6) is 0.619. The van der Waals surface area contributed by atoms with Gasteiger partial charge in [-0.2, -0.15) is 0 Å². The molecule has 0 saturated carbocycles. The highest BCUT2D eigenvalue weighted by Crippen LogP contribution is 2.32. The second-order valence-corrected chi connectivity index (χ2v) is 5.47. The van der Waals surface area contributed by atoms with Gasteiger partial charge in [-0.3, -0.25) is 0 Å². The largest absolute Gasteiger partial charge is 0.316 e. The normalized spacial score (nSPS) is 21.7. The van der Waals surface area contributed by atoms with Gasteiger partial charge in [0.15, 0.2) is 0 Å². The lowest BCUT2D eigenvalue weighted by Gasteiger charge is -2.25. The van der Waals surface area contributed by atoms with E-state index < -0.39 is 0 Å². The lowest BCUT2D eigenvalue weighted by molar-refractivity contribution is 0.460. The molecule has 1 aliphatic rings. The fraction of sp³-hybridized carbons (Fsp3) is 0.500. The molecule has 1 aromatic rings. The van der Waals surface area contributed by atoms with Gasteiger partial charge in [-0.1, -0.05) is 27.5 Å². The molecule has 1 unspecified atom stereocenters. The maximum Gasteiger partial charge on any atom is 0.0449 e. The molecule has 1 fully saturated rings. The molecule has 0 amide bonds. The molecular weight excluding hydrogens is 273 g/mol. The van der Waals surface area contributed by atoms with Crippen LogP contribution in [0.15, 0.2) is 16.6 Å². The molecule has 1 aliphatic heterocycles. The summed E-state index contributed by atoms with van der Waals surface area (Å²) in [5.41, 5.74) is 2.62. The van der Waals surface area contributed by atoms with Gasteiger partial charge >= 0.3 is 0 Å². The molecule has 1 heterocycles. The Kier molecular flexibility index (Phi) is 3.70. The highest BCUT2D eigenvalue weighted by atomic mass is 79.9. The quantitative estimate of drug-likeness (QED) is 0.827. The minimum absolute atomic E-state index is 0.619. The number of hydrogen-bond donors (Lipinski definition) is 1. The third kappa shape index (κ3) is 2.55. The molecule has 15 heavy (non-hydrogen) atoms. The van der Waals surface area contributed by atoms with Crippen molar-refractivity contribution in [2.45, 2.75) is 25.7 Å². The Morgan fingerprint density at radius 3 is 2.93 bits per heavy atom. The Morgan fingerprint density at radius 1 is 1.47 bits per heavy atom. The van der Waals surface area contributed by atoms with E-state index in [1.165, 1.54) is 24.0 Å². The molecule has 3 heteroatoms. The number of piperidine rings is 1. The molecule has 0 radical (unpaired) electrons. The Morgan fingerprint density at radius 2 is 2.27 bits per heavy atom. The first kappa shape index (κ1) is 11.4. The minimum Gasteiger partial charge on any atom is -0.316 e. The van der Waals surface area contributed by atoms with Crippen LogP contribution in [0, 0.1) is 6.92 Å². The van der Waals surface area contributed by atoms with Gasteiger partial charge < -0.3 is 5.32 Å². The van der Waals surface area contributed by atoms with E-state index in [1.54, 1.807) is 0 Å². The van der Waals surface area contributed by atoms with Crippen molar-refractivity contribution in [3.8, 4) is 0 Å². The predicted molar refractivity (Wildman–Crippen MR) is 68.7 cm³/mol. The summed E-state index contributed by atoms with van der Waals surface area (Å²) in [7, 11) is 0. The molecule has 1 atom stereocenters. The Hall–Kier alpha value is -0.0500. The zero-order valence-electron chi connectivity index (χ0n) is 8.82. The van der Waals surface area contributed by atoms with Crippen molar-refractivity contribution in [1.82, 2.24) is 5.32 Å². The van der Waals surface area contributed by atoms with Gasteiger partial charge in [-0.25, -0.2) is 0 Å². The Balaban J connectivity index is 2.33. The van der Waals surface area contributed by atoms with Crippen molar-refractivity contribution in [3.63, 3.8) is 0 Å². The van der Waals surface area contributed by atoms with Crippen LogP contribution in [0.1, 0.15) is 29.9 Å². The summed E-state index contributed by atoms with van der Waals surface area (Å²) in [5, 5.41) is 4.31. The topological polar surface area (TPSA) is 12.0 Å². The van der Waals surface area contributed by atoms with Crippen LogP contribution >= 0.6 is 27.5 Å². The molecule has 82 valence electrons. The number of nitrogens with one attached hydrogen (secondary N) is 1. The number of rotatable bonds is 1. The van der Waals surface area contributed by atoms with Gasteiger partial charge in [0.25, 0.3) is 0 Å². The first-order chi connectivity index (χ1) is 7.18. The van der Waals surface area contributed by atoms with E-state index in [4.69, 9.17) is 11.6 Å². The van der Waals surface area contributed by atoms with E-state index in [-0.39, 0.29) is 0 Å². The van der Waals surface area contributed by atoms with Crippen molar-refractivity contribution in [3.05, 3.63) is 32.8 Å². The van der Waals surface area contributed by atoms with Crippen LogP contribution < -0.4 is 5.32 Å². The molecule has 2 rings (SSSR count). The van der Waals surface area contributed by atoms with Gasteiger partial charge in [0.05, 0.1) is 0 Å². The average Bonchev–Trinajstić information content (AvgIpc) is 2.24. The number of halogens is 2. The van der Waals surface area contributed by atoms with Crippen LogP contribution in [0.5, 0.6) is 0 Å². The van der Waals surface area contributed by atoms with E-state index in [1.807, 2.05) is 6.07 Å². The van der Waals surface area contributed by atoms with Crippen molar-refractivity contribution in [1.29, 1.82) is 0 Å². The first-order valence-electron chi connectivity index (χ1n) is 5.34. The van der Waals surface area contributed by atoms with E-state index >= 15 is 0 Å². The van der Waals surface area contributed by atoms with Crippen molar-refractivity contribution < 1.29 is 0 Å². The highest BCUT2D eigenvalue weighted by Gasteiger charge is 2.18. The lowest BCUT2D eigenvalue weighted by atomic mass is 9.89. The minimum atomic E-state index is 0.619. The fourth-order valence-electron chi connectivity index (χ4n) is 2.21. The summed E-state index contributed by atoms with van der Waals surface area (Å²) in [6.45, 7) is 4.34. The summed E-state index contributed by atoms with van der Waals surface area (Å²) in [6, 6.07) is 4.18. The third-order valence-electron chi connectivity index (χ3n) is 3.09. The molecule has 0 aliphatic carbocycles. The average molecular weight is 289 g/mol. The van der Waals surface area contributed by atoms with E-state index in [2.05, 4.69) is 34.2 Å². The molecule has 1 nitrogen and oxygen atoms in total. The van der Waals surface area contributed by atoms with Crippen molar-refractivity contribution in [2.24, 2.45) is 0 Å². The first-order valence-corrected chi connectivity index (χ1v) is 6.52. The molecule has 1 saturated heterocycles. The van der Waals surface area contributed by atoms with Crippen molar-refractivity contribution >= 4 is 27.5 Å². The monoisotopic (exact) mass is 287 g/mol. The summed E-state index contributed by atoms with van der Waals surface area (Å²) >= 11 is 9.70. The van der Waals surface area contributed by atoms with Gasteiger partial charge in [0.1, 0.15) is 0 Å². The van der Waals surface area contributed by atoms with Crippen molar-refractivity contribution in [2.75, 3.05) is 13.1 Å². The zero-order valence-corrected chi connectivity index (χ0v) is 11.2. The second kappa shape index (κ2) is 4.86. The molecule has 1 aromatic carbocycles. The zero-order chi connectivity index (χ0) is 10.8. The van der Waals surface area contributed by atoms with Gasteiger partial charge in [0, 0.05) is 16.0 Å². The van der Waals surface area contributed by atoms with Crippen LogP contribution in [0.2, 0.25) is 5.02 Å². The maximum absolute atomic E-state index is 6.19. The molecule has 0 spiro atoms. The number of benzene rings is 1. The van der Waals surface area contributed by atoms with E-state index in [0.717, 1.165) is 22.6 Å². The van der Waals surface area contributed by atoms with Crippen LogP contribution in [-0.4, -0.2) is 13.1 Å². The Bertz CT molecular complexity index is 359. The standard InChI is InChI=1S/C12H15BrClN/c1-8-11(5-10(13)6-12(8)14)9-3-2-4-15-7-9/h5-6,9,15H,2-4,7H2,1H3. The molecule has 1 N–H and O–H groups in total. The van der Waals surface area contributed by atoms with Crippen LogP contribution in [-0.2, 0) is 0 Å². The molecule has 0 bridgehead atoms. The van der Waals surface area contributed by atoms with Crippen LogP contribution in [0.4, 0.5) is 0 Å². The smallest absolute Gasteiger partial charge is 0.0449 e. The van der Waals surface area contributed by atoms with Crippen LogP contribution in [0.3, 0.4) is 0 Å². The summed E-state index contributed by atoms with van der Waals surface area (Å²) in [4.78, 5) is 0. The van der Waals surface area contributed by atoms with Gasteiger partial charge in [0.2, 0.25) is 0 Å². The summed E-state index contributed by atoms with van der Waals surface area (Å²) in [6.07, 6.45) is 2.52. The van der Waals surface area contributed by atoms with E-state index in [0.29, 0.717) is 5.92 Å². The fourth-order valence-corrected chi connectivity index (χ4v) is 3.04. The second-order valence-electron chi connectivity index (χ2n) is 4.15. The van der Waals surface area contributed by atoms with Gasteiger partial charge in [-0.05, 0) is 55.5 Å². The molecular formula is C12H15BrClN.